The molecule has 0 bridgehead atoms. The van der Waals surface area contributed by atoms with E-state index in [4.69, 9.17) is 5.11 Å². The molecule has 78 heavy (non-hydrogen) atoms. The summed E-state index contributed by atoms with van der Waals surface area (Å²) in [7, 11) is 0. The van der Waals surface area contributed by atoms with Crippen LogP contribution in [0, 0.1) is 0 Å². The molecule has 7 aromatic carbocycles. The monoisotopic (exact) mass is 1090 g/mol. The molecule has 0 aromatic heterocycles. The fraction of sp³-hybridized carbons (Fsp3) is 0.250. The van der Waals surface area contributed by atoms with Crippen molar-refractivity contribution in [2.45, 2.75) is 76.3 Å². The van der Waals surface area contributed by atoms with Crippen LogP contribution in [0.5, 0.6) is 0 Å². The Bertz CT molecular complexity index is 3080. The number of aliphatic imine (C=N–C) groups is 1. The van der Waals surface area contributed by atoms with Gasteiger partial charge < -0.3 is 25.6 Å². The van der Waals surface area contributed by atoms with Gasteiger partial charge in [-0.15, -0.1) is 5.69 Å². The summed E-state index contributed by atoms with van der Waals surface area (Å²) in [6, 6.07) is 62.6. The average molecular weight is 1090 g/mol. The fourth-order valence-corrected chi connectivity index (χ4v) is 10.1. The Morgan fingerprint density at radius 1 is 0.487 bits per heavy atom. The zero-order valence-electron chi connectivity index (χ0n) is 43.5. The van der Waals surface area contributed by atoms with E-state index >= 15 is 0 Å². The predicted molar refractivity (Wildman–Crippen MR) is 301 cm³/mol. The van der Waals surface area contributed by atoms with Gasteiger partial charge in [0.1, 0.15) is 12.6 Å². The largest absolute Gasteiger partial charge is 0.625 e. The standard InChI is InChI=1S/C27H27N3O3.C25H24N2O2.C12H15NO2.Ni/c31-25(32)18-28-26(21-12-5-2-6-13-21)22-14-7-8-15-23(22)29-27(33)24-16-9-17-30(24)19-20-10-3-1-4-11-20;28-24(20-12-5-2-6-13-20)21-14-7-8-15-22(21)26-25(29)23-16-9-17-27(23)18-19-10-3-1-4-11-19;14-12(15)11-7-4-8-13(11)9-10-5-2-1-3-6-10;/h1-8,10-15,24H,9,16-19H2,(H2,28,29,31,32,33);1-8,10-15,23H,9,16-18H2,(H,26,29);1-3,5-6,11H,4,7-9H2,(H,14,15);/p-1/t24-;23-;11-;/m000./s1. The molecule has 13 nitrogen and oxygen atoms in total. The number of rotatable bonds is 17. The number of carbonyl (C=O) groups is 5. The number of nitrogens with one attached hydrogen (secondary N) is 1. The van der Waals surface area contributed by atoms with Crippen molar-refractivity contribution < 1.29 is 50.7 Å². The molecule has 7 aromatic rings. The Kier molecular flexibility index (Phi) is 21.9. The van der Waals surface area contributed by atoms with E-state index in [0.29, 0.717) is 40.3 Å². The number of benzene rings is 7. The fourth-order valence-electron chi connectivity index (χ4n) is 10.1. The van der Waals surface area contributed by atoms with Crippen molar-refractivity contribution in [1.82, 2.24) is 14.7 Å². The smallest absolute Gasteiger partial charge is 0.325 e. The number of carboxylic acids is 2. The average Bonchev–Trinajstić information content (AvgIpc) is 4.26. The first kappa shape index (κ1) is 57.8. The van der Waals surface area contributed by atoms with Crippen LogP contribution in [0.1, 0.15) is 82.3 Å². The van der Waals surface area contributed by atoms with E-state index < -0.39 is 11.9 Å². The zero-order chi connectivity index (χ0) is 53.8. The molecule has 0 aliphatic carbocycles. The maximum Gasteiger partial charge on any atom is 0.325 e. The first-order chi connectivity index (χ1) is 37.6. The molecule has 3 atom stereocenters. The van der Waals surface area contributed by atoms with Crippen LogP contribution in [0.25, 0.3) is 5.32 Å². The van der Waals surface area contributed by atoms with Crippen LogP contribution < -0.4 is 5.32 Å². The van der Waals surface area contributed by atoms with E-state index in [1.54, 1.807) is 30.3 Å². The van der Waals surface area contributed by atoms with Crippen molar-refractivity contribution in [2.24, 2.45) is 4.99 Å². The third kappa shape index (κ3) is 16.3. The minimum Gasteiger partial charge on any atom is -0.625 e. The van der Waals surface area contributed by atoms with Gasteiger partial charge in [-0.3, -0.25) is 38.9 Å². The quantitative estimate of drug-likeness (QED) is 0.0452. The summed E-state index contributed by atoms with van der Waals surface area (Å²) < 4.78 is 0. The molecule has 0 spiro atoms. The molecule has 0 unspecified atom stereocenters. The number of hydrogen-bond acceptors (Lipinski definition) is 9. The van der Waals surface area contributed by atoms with Gasteiger partial charge in [0.2, 0.25) is 5.91 Å². The van der Waals surface area contributed by atoms with Crippen molar-refractivity contribution in [1.29, 1.82) is 0 Å². The van der Waals surface area contributed by atoms with Gasteiger partial charge in [-0.25, -0.2) is 0 Å². The molecular formula is C64H65N6NiO7-. The summed E-state index contributed by atoms with van der Waals surface area (Å²) in [6.07, 6.45) is 5.32. The third-order valence-corrected chi connectivity index (χ3v) is 13.9. The molecule has 3 saturated heterocycles. The molecule has 404 valence electrons. The predicted octanol–water partition coefficient (Wildman–Crippen LogP) is 11.1. The van der Waals surface area contributed by atoms with Crippen LogP contribution in [0.3, 0.4) is 0 Å². The summed E-state index contributed by atoms with van der Waals surface area (Å²) in [4.78, 5) is 72.2. The molecule has 3 N–H and O–H groups in total. The number of anilines is 1. The van der Waals surface area contributed by atoms with E-state index in [1.807, 2.05) is 150 Å². The van der Waals surface area contributed by atoms with Crippen molar-refractivity contribution >= 4 is 46.6 Å². The third-order valence-electron chi connectivity index (χ3n) is 13.9. The SMILES string of the molecule is O=C(O)CN=C(c1ccccc1)c1ccccc1[N-]C(=O)[C@@H]1CCCN1Cc1ccccc1.O=C(O)[C@@H]1CCCN1Cc1ccccc1.O=C(c1ccccc1)c1ccccc1NC(=O)[C@@H]1CCCN1Cc1ccccc1.[Ni]. The molecule has 0 saturated carbocycles. The van der Waals surface area contributed by atoms with Gasteiger partial charge in [0.15, 0.2) is 5.78 Å². The van der Waals surface area contributed by atoms with Gasteiger partial charge in [-0.2, -0.15) is 0 Å². The zero-order valence-corrected chi connectivity index (χ0v) is 44.5. The van der Waals surface area contributed by atoms with Gasteiger partial charge in [0.05, 0.1) is 29.4 Å². The van der Waals surface area contributed by atoms with E-state index in [2.05, 4.69) is 49.7 Å². The van der Waals surface area contributed by atoms with Crippen LogP contribution >= 0.6 is 0 Å². The molecule has 2 amide bonds. The normalized spacial score (nSPS) is 17.3. The summed E-state index contributed by atoms with van der Waals surface area (Å²) in [5.41, 5.74) is 7.69. The van der Waals surface area contributed by atoms with Gasteiger partial charge in [-0.1, -0.05) is 188 Å². The second-order valence-corrected chi connectivity index (χ2v) is 19.3. The van der Waals surface area contributed by atoms with Crippen LogP contribution in [-0.4, -0.2) is 104 Å². The first-order valence-corrected chi connectivity index (χ1v) is 26.3. The Morgan fingerprint density at radius 3 is 1.41 bits per heavy atom. The van der Waals surface area contributed by atoms with Gasteiger partial charge in [0, 0.05) is 52.8 Å². The van der Waals surface area contributed by atoms with Crippen molar-refractivity contribution in [2.75, 3.05) is 31.5 Å². The molecule has 0 radical (unpaired) electrons. The number of carboxylic acid groups (broad SMARTS) is 2. The first-order valence-electron chi connectivity index (χ1n) is 26.3. The molecule has 3 fully saturated rings. The number of likely N-dealkylation sites (tertiary alicyclic amines) is 3. The summed E-state index contributed by atoms with van der Waals surface area (Å²) >= 11 is 0. The number of aliphatic carboxylic acids is 2. The number of amides is 2. The van der Waals surface area contributed by atoms with Crippen LogP contribution in [0.15, 0.2) is 205 Å². The van der Waals surface area contributed by atoms with Crippen molar-refractivity contribution in [3.63, 3.8) is 0 Å². The molecule has 14 heteroatoms. The topological polar surface area (TPSA) is 174 Å². The van der Waals surface area contributed by atoms with Crippen LogP contribution in [-0.2, 0) is 55.3 Å². The molecule has 3 heterocycles. The van der Waals surface area contributed by atoms with E-state index in [-0.39, 0.29) is 58.8 Å². The maximum absolute atomic E-state index is 13.3. The molecule has 3 aliphatic rings. The second kappa shape index (κ2) is 29.6. The van der Waals surface area contributed by atoms with E-state index in [9.17, 15) is 29.1 Å². The molecule has 10 rings (SSSR count). The number of ketones is 1. The van der Waals surface area contributed by atoms with Gasteiger partial charge in [0.25, 0.3) is 0 Å². The minimum absolute atomic E-state index is 0. The number of nitrogens with zero attached hydrogens (tertiary/aromatic N) is 5. The number of hydrogen-bond donors (Lipinski definition) is 3. The number of para-hydroxylation sites is 2. The second-order valence-electron chi connectivity index (χ2n) is 19.3. The van der Waals surface area contributed by atoms with Crippen molar-refractivity contribution in [3.8, 4) is 0 Å². The minimum atomic E-state index is -1.02. The van der Waals surface area contributed by atoms with Gasteiger partial charge >= 0.3 is 11.9 Å². The van der Waals surface area contributed by atoms with Gasteiger partial charge in [-0.05, 0) is 92.5 Å². The van der Waals surface area contributed by atoms with E-state index in [0.717, 1.165) is 76.8 Å². The Labute approximate surface area is 467 Å². The van der Waals surface area contributed by atoms with E-state index in [1.165, 1.54) is 16.7 Å². The Hall–Kier alpha value is -7.87. The summed E-state index contributed by atoms with van der Waals surface area (Å²) in [5.74, 6) is -2.03. The van der Waals surface area contributed by atoms with Crippen LogP contribution in [0.2, 0.25) is 0 Å². The summed E-state index contributed by atoms with van der Waals surface area (Å²) in [6.45, 7) is 4.51. The summed E-state index contributed by atoms with van der Waals surface area (Å²) in [5, 5.41) is 25.7. The van der Waals surface area contributed by atoms with Crippen LogP contribution in [0.4, 0.5) is 11.4 Å². The Balaban J connectivity index is 0.000000179. The molecular weight excluding hydrogens is 1020 g/mol. The number of carbonyl (C=O) groups excluding carboxylic acids is 3. The maximum atomic E-state index is 13.3. The Morgan fingerprint density at radius 2 is 0.897 bits per heavy atom. The van der Waals surface area contributed by atoms with Crippen molar-refractivity contribution in [3.05, 3.63) is 244 Å². The molecule has 3 aliphatic heterocycles.